The molecule has 3 heteroatoms. The Morgan fingerprint density at radius 2 is 1.93 bits per heavy atom. The Bertz CT molecular complexity index is 266. The number of aliphatic imine (C=N–C) groups is 1. The van der Waals surface area contributed by atoms with E-state index in [2.05, 4.69) is 49.9 Å². The van der Waals surface area contributed by atoms with Crippen LogP contribution < -0.4 is 0 Å². The first kappa shape index (κ1) is 14.2. The summed E-state index contributed by atoms with van der Waals surface area (Å²) in [5.41, 5.74) is 3.29. The van der Waals surface area contributed by atoms with Gasteiger partial charge in [0, 0.05) is 6.42 Å². The van der Waals surface area contributed by atoms with Gasteiger partial charge in [-0.15, -0.1) is 11.5 Å². The van der Waals surface area contributed by atoms with Crippen molar-refractivity contribution in [2.45, 2.75) is 51.9 Å². The number of hydrogen-bond donors (Lipinski definition) is 0. The zero-order valence-corrected chi connectivity index (χ0v) is 11.8. The predicted octanol–water partition coefficient (Wildman–Crippen LogP) is 3.10. The Morgan fingerprint density at radius 1 is 1.33 bits per heavy atom. The molecule has 15 heavy (non-hydrogen) atoms. The molecule has 0 bridgehead atoms. The van der Waals surface area contributed by atoms with Gasteiger partial charge >= 0.3 is 0 Å². The van der Waals surface area contributed by atoms with Crippen molar-refractivity contribution < 1.29 is 4.74 Å². The summed E-state index contributed by atoms with van der Waals surface area (Å²) < 4.78 is 4.82. The van der Waals surface area contributed by atoms with Crippen LogP contribution >= 0.6 is 0 Å². The largest absolute Gasteiger partial charge is 0.487 e. The Balaban J connectivity index is 4.04. The average Bonchev–Trinajstić information content (AvgIpc) is 2.08. The van der Waals surface area contributed by atoms with Gasteiger partial charge in [-0.05, 0) is 20.3 Å². The number of ether oxygens (including phenoxy) is 1. The van der Waals surface area contributed by atoms with E-state index in [1.165, 1.54) is 6.40 Å². The van der Waals surface area contributed by atoms with Crippen LogP contribution in [-0.2, 0) is 4.74 Å². The van der Waals surface area contributed by atoms with Crippen LogP contribution in [0.5, 0.6) is 0 Å². The third kappa shape index (κ3) is 9.55. The van der Waals surface area contributed by atoms with Crippen molar-refractivity contribution >= 4 is 14.5 Å². The summed E-state index contributed by atoms with van der Waals surface area (Å²) in [6.07, 6.45) is 3.40. The molecule has 0 saturated carbocycles. The van der Waals surface area contributed by atoms with Gasteiger partial charge < -0.3 is 4.74 Å². The van der Waals surface area contributed by atoms with E-state index >= 15 is 0 Å². The predicted molar refractivity (Wildman–Crippen MR) is 69.9 cm³/mol. The summed E-state index contributed by atoms with van der Waals surface area (Å²) in [7, 11) is 0.413. The molecule has 0 aliphatic heterocycles. The topological polar surface area (TPSA) is 21.6 Å². The maximum absolute atomic E-state index is 4.82. The summed E-state index contributed by atoms with van der Waals surface area (Å²) in [6, 6.07) is 0. The molecule has 0 amide bonds. The Kier molecular flexibility index (Phi) is 5.67. The second kappa shape index (κ2) is 5.97. The molecule has 0 N–H and O–H groups in total. The lowest BCUT2D eigenvalue weighted by Crippen LogP contribution is -2.18. The fourth-order valence-electron chi connectivity index (χ4n) is 0.956. The first-order valence-electron chi connectivity index (χ1n) is 5.33. The van der Waals surface area contributed by atoms with Gasteiger partial charge in [-0.25, -0.2) is 0 Å². The van der Waals surface area contributed by atoms with Crippen LogP contribution in [0.1, 0.15) is 26.7 Å². The van der Waals surface area contributed by atoms with Crippen LogP contribution in [0.3, 0.4) is 0 Å². The quantitative estimate of drug-likeness (QED) is 0.312. The average molecular weight is 225 g/mol. The third-order valence-corrected chi connectivity index (χ3v) is 2.76. The van der Waals surface area contributed by atoms with Gasteiger partial charge in [0.15, 0.2) is 6.40 Å². The number of methoxy groups -OCH3 is 1. The van der Waals surface area contributed by atoms with E-state index in [0.29, 0.717) is 0 Å². The van der Waals surface area contributed by atoms with Crippen molar-refractivity contribution in [1.82, 2.24) is 0 Å². The number of hydrogen-bond acceptors (Lipinski definition) is 2. The van der Waals surface area contributed by atoms with Crippen LogP contribution in [0.25, 0.3) is 0 Å². The van der Waals surface area contributed by atoms with Gasteiger partial charge in [0.1, 0.15) is 8.07 Å². The van der Waals surface area contributed by atoms with Crippen LogP contribution in [0.4, 0.5) is 0 Å². The molecule has 0 unspecified atom stereocenters. The molecular formula is C12H23NOSi. The van der Waals surface area contributed by atoms with Gasteiger partial charge in [0.2, 0.25) is 0 Å². The molecule has 0 heterocycles. The summed E-state index contributed by atoms with van der Waals surface area (Å²) in [4.78, 5) is 4.30. The second-order valence-electron chi connectivity index (χ2n) is 5.33. The standard InChI is InChI=1S/C12H23NOSi/c1-12(2,13-11-14-3)9-7-8-10-15(4,5)6/h11H,7,9H2,1-6H3/b13-11+. The summed E-state index contributed by atoms with van der Waals surface area (Å²) in [6.45, 7) is 11.0. The van der Waals surface area contributed by atoms with Crippen molar-refractivity contribution in [2.75, 3.05) is 7.11 Å². The van der Waals surface area contributed by atoms with Crippen molar-refractivity contribution in [3.63, 3.8) is 0 Å². The highest BCUT2D eigenvalue weighted by atomic mass is 28.3. The molecule has 0 spiro atoms. The zero-order valence-electron chi connectivity index (χ0n) is 10.8. The Hall–Kier alpha value is -0.753. The van der Waals surface area contributed by atoms with E-state index in [4.69, 9.17) is 4.74 Å². The molecule has 0 aromatic heterocycles. The Morgan fingerprint density at radius 3 is 2.40 bits per heavy atom. The SMILES string of the molecule is CO/C=N/C(C)(C)CCC#C[Si](C)(C)C. The monoisotopic (exact) mass is 225 g/mol. The molecule has 0 aromatic rings. The van der Waals surface area contributed by atoms with E-state index in [1.54, 1.807) is 7.11 Å². The van der Waals surface area contributed by atoms with Gasteiger partial charge in [-0.2, -0.15) is 0 Å². The van der Waals surface area contributed by atoms with Gasteiger partial charge in [0.05, 0.1) is 12.6 Å². The van der Waals surface area contributed by atoms with Crippen LogP contribution in [0.2, 0.25) is 19.6 Å². The fraction of sp³-hybridized carbons (Fsp3) is 0.750. The Labute approximate surface area is 95.1 Å². The lowest BCUT2D eigenvalue weighted by atomic mass is 10.00. The highest BCUT2D eigenvalue weighted by Gasteiger charge is 2.14. The van der Waals surface area contributed by atoms with Gasteiger partial charge in [0.25, 0.3) is 0 Å². The third-order valence-electron chi connectivity index (χ3n) is 1.83. The zero-order chi connectivity index (χ0) is 11.9. The highest BCUT2D eigenvalue weighted by Crippen LogP contribution is 2.15. The van der Waals surface area contributed by atoms with E-state index in [0.717, 1.165) is 12.8 Å². The van der Waals surface area contributed by atoms with Gasteiger partial charge in [-0.1, -0.05) is 19.6 Å². The van der Waals surface area contributed by atoms with Crippen molar-refractivity contribution in [1.29, 1.82) is 0 Å². The number of nitrogens with zero attached hydrogens (tertiary/aromatic N) is 1. The van der Waals surface area contributed by atoms with E-state index < -0.39 is 8.07 Å². The second-order valence-corrected chi connectivity index (χ2v) is 10.1. The fourth-order valence-corrected chi connectivity index (χ4v) is 1.61. The molecule has 0 aromatic carbocycles. The molecule has 0 fully saturated rings. The van der Waals surface area contributed by atoms with E-state index in [9.17, 15) is 0 Å². The smallest absolute Gasteiger partial charge is 0.169 e. The van der Waals surface area contributed by atoms with Crippen molar-refractivity contribution in [3.8, 4) is 11.5 Å². The minimum Gasteiger partial charge on any atom is -0.487 e. The first-order valence-corrected chi connectivity index (χ1v) is 8.83. The summed E-state index contributed by atoms with van der Waals surface area (Å²) in [5, 5.41) is 0. The summed E-state index contributed by atoms with van der Waals surface area (Å²) >= 11 is 0. The molecule has 86 valence electrons. The van der Waals surface area contributed by atoms with E-state index in [-0.39, 0.29) is 5.54 Å². The molecule has 0 radical (unpaired) electrons. The molecule has 0 aliphatic rings. The maximum Gasteiger partial charge on any atom is 0.169 e. The molecule has 0 atom stereocenters. The van der Waals surface area contributed by atoms with Crippen molar-refractivity contribution in [3.05, 3.63) is 0 Å². The van der Waals surface area contributed by atoms with Crippen LogP contribution in [-0.4, -0.2) is 27.1 Å². The van der Waals surface area contributed by atoms with E-state index in [1.807, 2.05) is 0 Å². The molecule has 0 rings (SSSR count). The maximum atomic E-state index is 4.82. The normalized spacial score (nSPS) is 12.4. The molecule has 2 nitrogen and oxygen atoms in total. The molecule has 0 aliphatic carbocycles. The molecular weight excluding hydrogens is 202 g/mol. The highest BCUT2D eigenvalue weighted by molar-refractivity contribution is 6.83. The van der Waals surface area contributed by atoms with Crippen LogP contribution in [0.15, 0.2) is 4.99 Å². The minimum absolute atomic E-state index is 0.0653. The first-order chi connectivity index (χ1) is 6.77. The molecule has 0 saturated heterocycles. The lowest BCUT2D eigenvalue weighted by Gasteiger charge is -2.17. The summed E-state index contributed by atoms with van der Waals surface area (Å²) in [5.74, 6) is 3.25. The minimum atomic E-state index is -1.20. The lowest BCUT2D eigenvalue weighted by molar-refractivity contribution is 0.401. The number of rotatable bonds is 4. The van der Waals surface area contributed by atoms with Gasteiger partial charge in [-0.3, -0.25) is 4.99 Å². The van der Waals surface area contributed by atoms with Crippen molar-refractivity contribution in [2.24, 2.45) is 4.99 Å². The van der Waals surface area contributed by atoms with Crippen LogP contribution in [0, 0.1) is 11.5 Å².